The molecule has 0 aliphatic carbocycles. The molecule has 1 rings (SSSR count). The van der Waals surface area contributed by atoms with E-state index in [0.29, 0.717) is 12.0 Å². The van der Waals surface area contributed by atoms with E-state index in [1.54, 1.807) is 0 Å². The lowest BCUT2D eigenvalue weighted by atomic mass is 10.0. The SMILES string of the molecule is CCC(C)C(C)NCc1ccccc1NC(C)=O. The third-order valence-electron chi connectivity index (χ3n) is 3.44. The number of nitrogens with one attached hydrogen (secondary N) is 2. The highest BCUT2D eigenvalue weighted by atomic mass is 16.1. The minimum atomic E-state index is -0.0302. The lowest BCUT2D eigenvalue weighted by Crippen LogP contribution is -2.31. The van der Waals surface area contributed by atoms with Gasteiger partial charge in [0.15, 0.2) is 0 Å². The van der Waals surface area contributed by atoms with Crippen molar-refractivity contribution < 1.29 is 4.79 Å². The second-order valence-corrected chi connectivity index (χ2v) is 4.89. The minimum Gasteiger partial charge on any atom is -0.326 e. The van der Waals surface area contributed by atoms with Crippen LogP contribution >= 0.6 is 0 Å². The van der Waals surface area contributed by atoms with Crippen LogP contribution in [0, 0.1) is 5.92 Å². The number of rotatable bonds is 6. The molecule has 3 heteroatoms. The Hall–Kier alpha value is -1.35. The van der Waals surface area contributed by atoms with Crippen molar-refractivity contribution in [2.24, 2.45) is 5.92 Å². The van der Waals surface area contributed by atoms with Crippen LogP contribution in [0.1, 0.15) is 39.7 Å². The molecule has 18 heavy (non-hydrogen) atoms. The fraction of sp³-hybridized carbons (Fsp3) is 0.533. The van der Waals surface area contributed by atoms with Gasteiger partial charge in [0.25, 0.3) is 0 Å². The first-order chi connectivity index (χ1) is 8.54. The van der Waals surface area contributed by atoms with Gasteiger partial charge in [-0.15, -0.1) is 0 Å². The van der Waals surface area contributed by atoms with Gasteiger partial charge in [0.05, 0.1) is 0 Å². The van der Waals surface area contributed by atoms with Crippen molar-refractivity contribution in [2.45, 2.75) is 46.7 Å². The van der Waals surface area contributed by atoms with Crippen LogP contribution in [0.5, 0.6) is 0 Å². The maximum atomic E-state index is 11.1. The van der Waals surface area contributed by atoms with Crippen LogP contribution in [0.4, 0.5) is 5.69 Å². The van der Waals surface area contributed by atoms with Crippen LogP contribution in [-0.2, 0) is 11.3 Å². The molecule has 0 aliphatic heterocycles. The van der Waals surface area contributed by atoms with Crippen LogP contribution < -0.4 is 10.6 Å². The van der Waals surface area contributed by atoms with Gasteiger partial charge in [-0.25, -0.2) is 0 Å². The summed E-state index contributed by atoms with van der Waals surface area (Å²) in [6, 6.07) is 8.39. The summed E-state index contributed by atoms with van der Waals surface area (Å²) in [5, 5.41) is 6.37. The topological polar surface area (TPSA) is 41.1 Å². The summed E-state index contributed by atoms with van der Waals surface area (Å²) in [5.74, 6) is 0.621. The predicted octanol–water partition coefficient (Wildman–Crippen LogP) is 3.17. The van der Waals surface area contributed by atoms with Crippen molar-refractivity contribution in [1.82, 2.24) is 5.32 Å². The van der Waals surface area contributed by atoms with Gasteiger partial charge >= 0.3 is 0 Å². The summed E-state index contributed by atoms with van der Waals surface area (Å²) in [5.41, 5.74) is 2.02. The van der Waals surface area contributed by atoms with E-state index in [1.807, 2.05) is 24.3 Å². The second-order valence-electron chi connectivity index (χ2n) is 4.89. The van der Waals surface area contributed by atoms with E-state index in [2.05, 4.69) is 31.4 Å². The number of anilines is 1. The molecule has 1 amide bonds. The zero-order valence-electron chi connectivity index (χ0n) is 11.8. The molecule has 100 valence electrons. The third kappa shape index (κ3) is 4.49. The fourth-order valence-corrected chi connectivity index (χ4v) is 1.81. The van der Waals surface area contributed by atoms with E-state index in [0.717, 1.165) is 17.8 Å². The van der Waals surface area contributed by atoms with E-state index < -0.39 is 0 Å². The summed E-state index contributed by atoms with van der Waals surface area (Å²) in [6.45, 7) is 8.97. The molecule has 2 atom stereocenters. The molecule has 2 unspecified atom stereocenters. The van der Waals surface area contributed by atoms with Crippen molar-refractivity contribution in [1.29, 1.82) is 0 Å². The quantitative estimate of drug-likeness (QED) is 0.812. The van der Waals surface area contributed by atoms with Crippen molar-refractivity contribution in [3.05, 3.63) is 29.8 Å². The van der Waals surface area contributed by atoms with E-state index in [4.69, 9.17) is 0 Å². The highest BCUT2D eigenvalue weighted by molar-refractivity contribution is 5.89. The number of carbonyl (C=O) groups is 1. The first-order valence-electron chi connectivity index (χ1n) is 6.63. The summed E-state index contributed by atoms with van der Waals surface area (Å²) in [7, 11) is 0. The lowest BCUT2D eigenvalue weighted by molar-refractivity contribution is -0.114. The van der Waals surface area contributed by atoms with Crippen molar-refractivity contribution in [3.63, 3.8) is 0 Å². The molecular formula is C15H24N2O. The number of para-hydroxylation sites is 1. The Kier molecular flexibility index (Phi) is 5.86. The van der Waals surface area contributed by atoms with Gasteiger partial charge < -0.3 is 10.6 Å². The smallest absolute Gasteiger partial charge is 0.221 e. The molecule has 2 N–H and O–H groups in total. The molecule has 3 nitrogen and oxygen atoms in total. The van der Waals surface area contributed by atoms with Gasteiger partial charge in [0, 0.05) is 25.2 Å². The molecule has 0 radical (unpaired) electrons. The number of benzene rings is 1. The monoisotopic (exact) mass is 248 g/mol. The van der Waals surface area contributed by atoms with E-state index >= 15 is 0 Å². The van der Waals surface area contributed by atoms with Gasteiger partial charge in [-0.05, 0) is 24.5 Å². The molecule has 0 saturated carbocycles. The average Bonchev–Trinajstić information content (AvgIpc) is 2.35. The lowest BCUT2D eigenvalue weighted by Gasteiger charge is -2.20. The predicted molar refractivity (Wildman–Crippen MR) is 76.5 cm³/mol. The van der Waals surface area contributed by atoms with Gasteiger partial charge in [-0.1, -0.05) is 38.5 Å². The zero-order chi connectivity index (χ0) is 13.5. The average molecular weight is 248 g/mol. The molecule has 0 heterocycles. The maximum Gasteiger partial charge on any atom is 0.221 e. The van der Waals surface area contributed by atoms with Crippen LogP contribution in [0.3, 0.4) is 0 Å². The highest BCUT2D eigenvalue weighted by Gasteiger charge is 2.10. The Morgan fingerprint density at radius 1 is 1.28 bits per heavy atom. The molecular weight excluding hydrogens is 224 g/mol. The second kappa shape index (κ2) is 7.17. The van der Waals surface area contributed by atoms with Crippen molar-refractivity contribution >= 4 is 11.6 Å². The molecule has 0 fully saturated rings. The Morgan fingerprint density at radius 2 is 1.94 bits per heavy atom. The first kappa shape index (κ1) is 14.7. The summed E-state index contributed by atoms with van der Waals surface area (Å²) >= 11 is 0. The van der Waals surface area contributed by atoms with E-state index in [-0.39, 0.29) is 5.91 Å². The Morgan fingerprint density at radius 3 is 2.56 bits per heavy atom. The normalized spacial score (nSPS) is 14.0. The third-order valence-corrected chi connectivity index (χ3v) is 3.44. The highest BCUT2D eigenvalue weighted by Crippen LogP contribution is 2.16. The number of hydrogen-bond donors (Lipinski definition) is 2. The molecule has 0 aromatic heterocycles. The fourth-order valence-electron chi connectivity index (χ4n) is 1.81. The van der Waals surface area contributed by atoms with E-state index in [9.17, 15) is 4.79 Å². The molecule has 0 spiro atoms. The van der Waals surface area contributed by atoms with Crippen molar-refractivity contribution in [2.75, 3.05) is 5.32 Å². The molecule has 0 aliphatic rings. The standard InChI is InChI=1S/C15H24N2O/c1-5-11(2)12(3)16-10-14-8-6-7-9-15(14)17-13(4)18/h6-9,11-12,16H,5,10H2,1-4H3,(H,17,18). The van der Waals surface area contributed by atoms with Crippen LogP contribution in [-0.4, -0.2) is 11.9 Å². The van der Waals surface area contributed by atoms with Crippen molar-refractivity contribution in [3.8, 4) is 0 Å². The molecule has 1 aromatic carbocycles. The minimum absolute atomic E-state index is 0.0302. The Bertz CT molecular complexity index is 390. The van der Waals surface area contributed by atoms with Crippen LogP contribution in [0.15, 0.2) is 24.3 Å². The summed E-state index contributed by atoms with van der Waals surface area (Å²) in [4.78, 5) is 11.1. The zero-order valence-corrected chi connectivity index (χ0v) is 11.8. The van der Waals surface area contributed by atoms with Gasteiger partial charge in [-0.2, -0.15) is 0 Å². The van der Waals surface area contributed by atoms with E-state index in [1.165, 1.54) is 13.3 Å². The molecule has 1 aromatic rings. The number of carbonyl (C=O) groups excluding carboxylic acids is 1. The number of amides is 1. The van der Waals surface area contributed by atoms with Gasteiger partial charge in [0.2, 0.25) is 5.91 Å². The number of hydrogen-bond acceptors (Lipinski definition) is 2. The summed E-state index contributed by atoms with van der Waals surface area (Å²) in [6.07, 6.45) is 1.17. The first-order valence-corrected chi connectivity index (χ1v) is 6.63. The largest absolute Gasteiger partial charge is 0.326 e. The molecule has 0 bridgehead atoms. The Balaban J connectivity index is 2.64. The molecule has 0 saturated heterocycles. The van der Waals surface area contributed by atoms with Crippen LogP contribution in [0.25, 0.3) is 0 Å². The van der Waals surface area contributed by atoms with Gasteiger partial charge in [-0.3, -0.25) is 4.79 Å². The van der Waals surface area contributed by atoms with Crippen LogP contribution in [0.2, 0.25) is 0 Å². The summed E-state index contributed by atoms with van der Waals surface area (Å²) < 4.78 is 0. The maximum absolute atomic E-state index is 11.1. The Labute approximate surface area is 110 Å². The van der Waals surface area contributed by atoms with Gasteiger partial charge in [0.1, 0.15) is 0 Å².